The number of amides is 2. The lowest BCUT2D eigenvalue weighted by Gasteiger charge is -2.31. The molecule has 1 N–H and O–H groups in total. The zero-order chi connectivity index (χ0) is 23.8. The van der Waals surface area contributed by atoms with Crippen molar-refractivity contribution in [3.63, 3.8) is 0 Å². The summed E-state index contributed by atoms with van der Waals surface area (Å²) in [6.45, 7) is 12.0. The smallest absolute Gasteiger partial charge is 0.261 e. The number of hydrogen-bond donors (Lipinski definition) is 1. The van der Waals surface area contributed by atoms with Crippen LogP contribution in [0.2, 0.25) is 5.02 Å². The first-order valence-electron chi connectivity index (χ1n) is 11.2. The lowest BCUT2D eigenvalue weighted by Crippen LogP contribution is -2.51. The van der Waals surface area contributed by atoms with Crippen LogP contribution in [0.15, 0.2) is 36.4 Å². The van der Waals surface area contributed by atoms with Crippen molar-refractivity contribution < 1.29 is 14.3 Å². The summed E-state index contributed by atoms with van der Waals surface area (Å²) >= 11 is 6.37. The van der Waals surface area contributed by atoms with Gasteiger partial charge in [-0.1, -0.05) is 49.7 Å². The van der Waals surface area contributed by atoms with Gasteiger partial charge in [0.05, 0.1) is 0 Å². The number of nitrogens with one attached hydrogen (secondary N) is 1. The highest BCUT2D eigenvalue weighted by Crippen LogP contribution is 2.24. The van der Waals surface area contributed by atoms with Crippen molar-refractivity contribution in [2.24, 2.45) is 0 Å². The monoisotopic (exact) mass is 458 g/mol. The van der Waals surface area contributed by atoms with Crippen LogP contribution >= 0.6 is 11.6 Å². The molecule has 174 valence electrons. The largest absolute Gasteiger partial charge is 0.483 e. The average Bonchev–Trinajstić information content (AvgIpc) is 2.75. The van der Waals surface area contributed by atoms with Crippen molar-refractivity contribution in [2.75, 3.05) is 6.61 Å². The van der Waals surface area contributed by atoms with E-state index in [0.717, 1.165) is 28.7 Å². The molecule has 2 aromatic carbocycles. The van der Waals surface area contributed by atoms with Gasteiger partial charge >= 0.3 is 0 Å². The number of aryl methyl sites for hydroxylation is 2. The van der Waals surface area contributed by atoms with E-state index in [1.54, 1.807) is 11.0 Å². The minimum absolute atomic E-state index is 0.0305. The third kappa shape index (κ3) is 6.73. The fraction of sp³-hybridized carbons (Fsp3) is 0.462. The van der Waals surface area contributed by atoms with E-state index in [2.05, 4.69) is 11.4 Å². The van der Waals surface area contributed by atoms with Crippen molar-refractivity contribution in [1.82, 2.24) is 10.2 Å². The molecule has 0 radical (unpaired) electrons. The van der Waals surface area contributed by atoms with Crippen LogP contribution in [0.1, 0.15) is 55.9 Å². The van der Waals surface area contributed by atoms with E-state index in [0.29, 0.717) is 17.2 Å². The molecule has 2 amide bonds. The second kappa shape index (κ2) is 11.9. The summed E-state index contributed by atoms with van der Waals surface area (Å²) in [5, 5.41) is 3.57. The summed E-state index contributed by atoms with van der Waals surface area (Å²) in [4.78, 5) is 27.9. The van der Waals surface area contributed by atoms with Gasteiger partial charge in [-0.25, -0.2) is 0 Å². The lowest BCUT2D eigenvalue weighted by atomic mass is 10.1. The average molecular weight is 459 g/mol. The maximum Gasteiger partial charge on any atom is 0.261 e. The van der Waals surface area contributed by atoms with E-state index in [1.165, 1.54) is 0 Å². The molecule has 2 aromatic rings. The molecule has 32 heavy (non-hydrogen) atoms. The maximum atomic E-state index is 13.4. The van der Waals surface area contributed by atoms with Crippen LogP contribution in [-0.2, 0) is 16.1 Å². The summed E-state index contributed by atoms with van der Waals surface area (Å²) in [5.41, 5.74) is 3.98. The second-order valence-electron chi connectivity index (χ2n) is 8.35. The predicted molar refractivity (Wildman–Crippen MR) is 130 cm³/mol. The van der Waals surface area contributed by atoms with Gasteiger partial charge in [0, 0.05) is 17.6 Å². The van der Waals surface area contributed by atoms with E-state index in [1.807, 2.05) is 65.8 Å². The number of halogens is 1. The molecule has 0 aromatic heterocycles. The van der Waals surface area contributed by atoms with Gasteiger partial charge in [-0.05, 0) is 74.9 Å². The van der Waals surface area contributed by atoms with Gasteiger partial charge in [-0.15, -0.1) is 0 Å². The fourth-order valence-electron chi connectivity index (χ4n) is 3.54. The topological polar surface area (TPSA) is 58.6 Å². The predicted octanol–water partition coefficient (Wildman–Crippen LogP) is 5.37. The third-order valence-electron chi connectivity index (χ3n) is 5.80. The molecule has 0 bridgehead atoms. The number of benzene rings is 2. The molecule has 0 heterocycles. The molecule has 6 heteroatoms. The van der Waals surface area contributed by atoms with Gasteiger partial charge in [0.25, 0.3) is 5.91 Å². The maximum absolute atomic E-state index is 13.4. The first-order chi connectivity index (χ1) is 15.2. The molecule has 0 aliphatic carbocycles. The van der Waals surface area contributed by atoms with E-state index in [-0.39, 0.29) is 31.0 Å². The van der Waals surface area contributed by atoms with Crippen LogP contribution in [0, 0.1) is 20.8 Å². The SMILES string of the molecule is CC[C@H](C(=O)N[C@@H](C)CC)N(Cc1ccccc1Cl)C(=O)COc1cc(C)cc(C)c1C. The summed E-state index contributed by atoms with van der Waals surface area (Å²) < 4.78 is 5.93. The van der Waals surface area contributed by atoms with Crippen LogP contribution < -0.4 is 10.1 Å². The van der Waals surface area contributed by atoms with Crippen molar-refractivity contribution in [3.05, 3.63) is 63.7 Å². The van der Waals surface area contributed by atoms with Crippen LogP contribution in [0.25, 0.3) is 0 Å². The Labute approximate surface area is 197 Å². The Morgan fingerprint density at radius 1 is 1.09 bits per heavy atom. The zero-order valence-corrected chi connectivity index (χ0v) is 20.8. The number of carbonyl (C=O) groups is 2. The summed E-state index contributed by atoms with van der Waals surface area (Å²) in [7, 11) is 0. The Morgan fingerprint density at radius 3 is 2.41 bits per heavy atom. The minimum Gasteiger partial charge on any atom is -0.483 e. The first-order valence-corrected chi connectivity index (χ1v) is 11.6. The van der Waals surface area contributed by atoms with Crippen LogP contribution in [-0.4, -0.2) is 35.4 Å². The van der Waals surface area contributed by atoms with Crippen LogP contribution in [0.4, 0.5) is 0 Å². The Hall–Kier alpha value is -2.53. The lowest BCUT2D eigenvalue weighted by molar-refractivity contribution is -0.143. The number of nitrogens with zero attached hydrogens (tertiary/aromatic N) is 1. The zero-order valence-electron chi connectivity index (χ0n) is 20.0. The second-order valence-corrected chi connectivity index (χ2v) is 8.76. The normalized spacial score (nSPS) is 12.7. The van der Waals surface area contributed by atoms with Crippen molar-refractivity contribution in [3.8, 4) is 5.75 Å². The Kier molecular flexibility index (Phi) is 9.58. The molecule has 0 spiro atoms. The highest BCUT2D eigenvalue weighted by Gasteiger charge is 2.30. The summed E-state index contributed by atoms with van der Waals surface area (Å²) in [6, 6.07) is 10.8. The highest BCUT2D eigenvalue weighted by molar-refractivity contribution is 6.31. The van der Waals surface area contributed by atoms with Crippen molar-refractivity contribution in [2.45, 2.75) is 73.0 Å². The van der Waals surface area contributed by atoms with Crippen LogP contribution in [0.3, 0.4) is 0 Å². The van der Waals surface area contributed by atoms with Gasteiger partial charge < -0.3 is 15.0 Å². The quantitative estimate of drug-likeness (QED) is 0.521. The summed E-state index contributed by atoms with van der Waals surface area (Å²) in [6.07, 6.45) is 1.30. The van der Waals surface area contributed by atoms with E-state index < -0.39 is 6.04 Å². The molecule has 0 unspecified atom stereocenters. The molecule has 0 saturated heterocycles. The number of rotatable bonds is 10. The van der Waals surface area contributed by atoms with Gasteiger partial charge in [-0.3, -0.25) is 9.59 Å². The van der Waals surface area contributed by atoms with E-state index >= 15 is 0 Å². The first kappa shape index (κ1) is 25.7. The molecule has 2 rings (SSSR count). The number of hydrogen-bond acceptors (Lipinski definition) is 3. The van der Waals surface area contributed by atoms with E-state index in [9.17, 15) is 9.59 Å². The van der Waals surface area contributed by atoms with Gasteiger partial charge in [0.15, 0.2) is 6.61 Å². The van der Waals surface area contributed by atoms with Gasteiger partial charge in [0.2, 0.25) is 5.91 Å². The van der Waals surface area contributed by atoms with Gasteiger partial charge in [-0.2, -0.15) is 0 Å². The van der Waals surface area contributed by atoms with E-state index in [4.69, 9.17) is 16.3 Å². The van der Waals surface area contributed by atoms with Crippen molar-refractivity contribution in [1.29, 1.82) is 0 Å². The molecule has 2 atom stereocenters. The highest BCUT2D eigenvalue weighted by atomic mass is 35.5. The molecule has 0 aliphatic rings. The Balaban J connectivity index is 2.29. The van der Waals surface area contributed by atoms with Crippen LogP contribution in [0.5, 0.6) is 5.75 Å². The standard InChI is InChI=1S/C26H35ClN2O3/c1-7-19(5)28-26(31)23(8-2)29(15-21-11-9-10-12-22(21)27)25(30)16-32-24-14-17(3)13-18(4)20(24)6/h9-14,19,23H,7-8,15-16H2,1-6H3,(H,28,31)/t19-,23+/m0/s1. The molecule has 0 fully saturated rings. The fourth-order valence-corrected chi connectivity index (χ4v) is 3.74. The number of ether oxygens (including phenoxy) is 1. The molecule has 0 saturated carbocycles. The molecular weight excluding hydrogens is 424 g/mol. The summed E-state index contributed by atoms with van der Waals surface area (Å²) in [5.74, 6) is 0.269. The van der Waals surface area contributed by atoms with Crippen molar-refractivity contribution >= 4 is 23.4 Å². The molecule has 5 nitrogen and oxygen atoms in total. The Morgan fingerprint density at radius 2 is 1.78 bits per heavy atom. The number of carbonyl (C=O) groups excluding carboxylic acids is 2. The minimum atomic E-state index is -0.614. The third-order valence-corrected chi connectivity index (χ3v) is 6.17. The molecular formula is C26H35ClN2O3. The Bertz CT molecular complexity index is 945. The molecule has 0 aliphatic heterocycles. The van der Waals surface area contributed by atoms with Gasteiger partial charge in [0.1, 0.15) is 11.8 Å².